The lowest BCUT2D eigenvalue weighted by Crippen LogP contribution is -2.40. The predicted octanol–water partition coefficient (Wildman–Crippen LogP) is 2.00. The molecular weight excluding hydrogens is 351 g/mol. The molecule has 2 atom stereocenters. The van der Waals surface area contributed by atoms with Crippen LogP contribution in [0.4, 0.5) is 4.39 Å². The molecule has 2 N–H and O–H groups in total. The fraction of sp³-hybridized carbons (Fsp3) is 0.462. The number of benzene rings is 1. The van der Waals surface area contributed by atoms with Crippen LogP contribution < -0.4 is 10.6 Å². The quantitative estimate of drug-likeness (QED) is 0.856. The van der Waals surface area contributed by atoms with Crippen molar-refractivity contribution in [1.82, 2.24) is 10.6 Å². The Morgan fingerprint density at radius 2 is 2.30 bits per heavy atom. The molecule has 1 aliphatic heterocycles. The van der Waals surface area contributed by atoms with Gasteiger partial charge in [0.2, 0.25) is 5.91 Å². The van der Waals surface area contributed by atoms with Crippen LogP contribution in [0.2, 0.25) is 0 Å². The van der Waals surface area contributed by atoms with Gasteiger partial charge in [-0.2, -0.15) is 0 Å². The van der Waals surface area contributed by atoms with Gasteiger partial charge in [-0.1, -0.05) is 15.9 Å². The van der Waals surface area contributed by atoms with E-state index >= 15 is 0 Å². The first kappa shape index (κ1) is 17.4. The van der Waals surface area contributed by atoms with Crippen LogP contribution in [0.1, 0.15) is 12.0 Å². The molecule has 0 aliphatic carbocycles. The van der Waals surface area contributed by atoms with Crippen LogP contribution in [-0.2, 0) is 16.1 Å². The van der Waals surface area contributed by atoms with Crippen LogP contribution in [0.25, 0.3) is 0 Å². The second kappa shape index (κ2) is 7.93. The number of ether oxygens (including phenoxy) is 1. The summed E-state index contributed by atoms with van der Waals surface area (Å²) in [5.41, 5.74) is 0.724. The topological polar surface area (TPSA) is 50.4 Å². The Balaban J connectivity index is 0.00000200. The van der Waals surface area contributed by atoms with Gasteiger partial charge in [-0.15, -0.1) is 12.4 Å². The number of hydrogen-bond donors (Lipinski definition) is 2. The molecule has 4 nitrogen and oxygen atoms in total. The minimum atomic E-state index is -0.322. The molecule has 0 unspecified atom stereocenters. The first-order chi connectivity index (χ1) is 9.08. The maximum atomic E-state index is 13.2. The third kappa shape index (κ3) is 4.70. The molecule has 1 amide bonds. The number of carbonyl (C=O) groups is 1. The highest BCUT2D eigenvalue weighted by Crippen LogP contribution is 2.15. The molecule has 1 aliphatic rings. The monoisotopic (exact) mass is 366 g/mol. The van der Waals surface area contributed by atoms with Crippen LogP contribution in [0.3, 0.4) is 0 Å². The van der Waals surface area contributed by atoms with E-state index in [2.05, 4.69) is 26.6 Å². The number of carbonyl (C=O) groups excluding carboxylic acids is 1. The summed E-state index contributed by atoms with van der Waals surface area (Å²) < 4.78 is 19.0. The summed E-state index contributed by atoms with van der Waals surface area (Å²) >= 11 is 3.22. The number of hydrogen-bond acceptors (Lipinski definition) is 3. The number of rotatable bonds is 4. The van der Waals surface area contributed by atoms with E-state index in [0.29, 0.717) is 24.0 Å². The molecule has 1 fully saturated rings. The van der Waals surface area contributed by atoms with Crippen molar-refractivity contribution in [2.45, 2.75) is 25.1 Å². The van der Waals surface area contributed by atoms with Crippen LogP contribution in [0, 0.1) is 5.82 Å². The van der Waals surface area contributed by atoms with Crippen molar-refractivity contribution < 1.29 is 13.9 Å². The van der Waals surface area contributed by atoms with Gasteiger partial charge in [0.05, 0.1) is 12.1 Å². The number of nitrogens with one attached hydrogen (secondary N) is 2. The van der Waals surface area contributed by atoms with E-state index < -0.39 is 0 Å². The largest absolute Gasteiger partial charge is 0.380 e. The smallest absolute Gasteiger partial charge is 0.237 e. The van der Waals surface area contributed by atoms with E-state index in [1.165, 1.54) is 12.1 Å². The van der Waals surface area contributed by atoms with Gasteiger partial charge in [0.1, 0.15) is 5.82 Å². The Kier molecular flexibility index (Phi) is 6.88. The molecule has 20 heavy (non-hydrogen) atoms. The van der Waals surface area contributed by atoms with E-state index in [9.17, 15) is 9.18 Å². The van der Waals surface area contributed by atoms with Crippen molar-refractivity contribution in [2.24, 2.45) is 0 Å². The molecule has 1 aromatic carbocycles. The van der Waals surface area contributed by atoms with Crippen molar-refractivity contribution in [2.75, 3.05) is 13.7 Å². The van der Waals surface area contributed by atoms with Gasteiger partial charge >= 0.3 is 0 Å². The number of amides is 1. The molecule has 2 rings (SSSR count). The van der Waals surface area contributed by atoms with Crippen molar-refractivity contribution >= 4 is 34.2 Å². The number of halogens is 3. The third-order valence-corrected chi connectivity index (χ3v) is 3.59. The Labute approximate surface area is 132 Å². The maximum Gasteiger partial charge on any atom is 0.237 e. The summed E-state index contributed by atoms with van der Waals surface area (Å²) in [6, 6.07) is 4.34. The van der Waals surface area contributed by atoms with Crippen molar-refractivity contribution in [3.63, 3.8) is 0 Å². The van der Waals surface area contributed by atoms with Gasteiger partial charge in [-0.25, -0.2) is 4.39 Å². The minimum Gasteiger partial charge on any atom is -0.380 e. The molecule has 0 bridgehead atoms. The normalized spacial score (nSPS) is 21.4. The zero-order valence-corrected chi connectivity index (χ0v) is 13.4. The lowest BCUT2D eigenvalue weighted by Gasteiger charge is -2.11. The second-order valence-electron chi connectivity index (χ2n) is 4.55. The van der Waals surface area contributed by atoms with Crippen LogP contribution in [0.15, 0.2) is 22.7 Å². The van der Waals surface area contributed by atoms with Crippen molar-refractivity contribution in [3.8, 4) is 0 Å². The van der Waals surface area contributed by atoms with E-state index in [1.54, 1.807) is 13.2 Å². The van der Waals surface area contributed by atoms with Crippen LogP contribution in [0.5, 0.6) is 0 Å². The Bertz CT molecular complexity index is 455. The Hall–Kier alpha value is -0.690. The second-order valence-corrected chi connectivity index (χ2v) is 5.47. The Morgan fingerprint density at radius 1 is 1.55 bits per heavy atom. The fourth-order valence-electron chi connectivity index (χ4n) is 2.11. The van der Waals surface area contributed by atoms with E-state index in [0.717, 1.165) is 5.56 Å². The standard InChI is InChI=1S/C13H16BrFN2O2.ClH/c1-19-11-5-12(16-7-11)13(18)17-6-8-2-9(14)4-10(15)3-8;/h2-4,11-12,16H,5-7H2,1H3,(H,17,18);1H/t11-,12+;/m0./s1. The molecule has 0 spiro atoms. The fourth-order valence-corrected chi connectivity index (χ4v) is 2.62. The molecule has 112 valence electrons. The summed E-state index contributed by atoms with van der Waals surface area (Å²) in [7, 11) is 1.64. The molecule has 7 heteroatoms. The summed E-state index contributed by atoms with van der Waals surface area (Å²) in [5.74, 6) is -0.406. The lowest BCUT2D eigenvalue weighted by atomic mass is 10.1. The van der Waals surface area contributed by atoms with Crippen LogP contribution >= 0.6 is 28.3 Å². The van der Waals surface area contributed by atoms with Gasteiger partial charge in [-0.3, -0.25) is 4.79 Å². The molecule has 0 saturated carbocycles. The summed E-state index contributed by atoms with van der Waals surface area (Å²) in [5, 5.41) is 5.89. The molecule has 0 aromatic heterocycles. The zero-order valence-electron chi connectivity index (χ0n) is 11.0. The summed E-state index contributed by atoms with van der Waals surface area (Å²) in [4.78, 5) is 11.9. The third-order valence-electron chi connectivity index (χ3n) is 3.13. The molecule has 1 aromatic rings. The first-order valence-electron chi connectivity index (χ1n) is 6.07. The highest BCUT2D eigenvalue weighted by molar-refractivity contribution is 9.10. The highest BCUT2D eigenvalue weighted by atomic mass is 79.9. The van der Waals surface area contributed by atoms with Gasteiger partial charge in [0.15, 0.2) is 0 Å². The van der Waals surface area contributed by atoms with Gasteiger partial charge in [0, 0.05) is 24.7 Å². The van der Waals surface area contributed by atoms with E-state index in [1.807, 2.05) is 0 Å². The summed E-state index contributed by atoms with van der Waals surface area (Å²) in [6.07, 6.45) is 0.744. The first-order valence-corrected chi connectivity index (χ1v) is 6.86. The zero-order chi connectivity index (χ0) is 13.8. The summed E-state index contributed by atoms with van der Waals surface area (Å²) in [6.45, 7) is 0.991. The number of methoxy groups -OCH3 is 1. The highest BCUT2D eigenvalue weighted by Gasteiger charge is 2.28. The molecule has 1 heterocycles. The molecular formula is C13H17BrClFN2O2. The SMILES string of the molecule is CO[C@@H]1CN[C@@H](C(=O)NCc2cc(F)cc(Br)c2)C1.Cl. The van der Waals surface area contributed by atoms with Gasteiger partial charge < -0.3 is 15.4 Å². The van der Waals surface area contributed by atoms with Crippen molar-refractivity contribution in [1.29, 1.82) is 0 Å². The average Bonchev–Trinajstić information content (AvgIpc) is 2.83. The van der Waals surface area contributed by atoms with Crippen LogP contribution in [-0.4, -0.2) is 31.7 Å². The maximum absolute atomic E-state index is 13.2. The Morgan fingerprint density at radius 3 is 2.90 bits per heavy atom. The molecule has 1 saturated heterocycles. The molecule has 0 radical (unpaired) electrons. The minimum absolute atomic E-state index is 0. The lowest BCUT2D eigenvalue weighted by molar-refractivity contribution is -0.123. The van der Waals surface area contributed by atoms with Gasteiger partial charge in [0.25, 0.3) is 0 Å². The average molecular weight is 368 g/mol. The van der Waals surface area contributed by atoms with Gasteiger partial charge in [-0.05, 0) is 30.2 Å². The van der Waals surface area contributed by atoms with Crippen molar-refractivity contribution in [3.05, 3.63) is 34.1 Å². The van der Waals surface area contributed by atoms with E-state index in [-0.39, 0.29) is 36.3 Å². The predicted molar refractivity (Wildman–Crippen MR) is 80.4 cm³/mol. The van der Waals surface area contributed by atoms with E-state index in [4.69, 9.17) is 4.74 Å².